The maximum atomic E-state index is 5.49. The third kappa shape index (κ3) is 5.13. The second-order valence-corrected chi connectivity index (χ2v) is 15.8. The molecule has 0 N–H and O–H groups in total. The van der Waals surface area contributed by atoms with Crippen LogP contribution in [0.3, 0.4) is 0 Å². The molecule has 11 rings (SSSR count). The van der Waals surface area contributed by atoms with Crippen molar-refractivity contribution in [3.63, 3.8) is 0 Å². The fourth-order valence-corrected chi connectivity index (χ4v) is 10.2. The van der Waals surface area contributed by atoms with E-state index in [1.807, 2.05) is 0 Å². The lowest BCUT2D eigenvalue weighted by Crippen LogP contribution is -2.43. The van der Waals surface area contributed by atoms with Gasteiger partial charge in [-0.3, -0.25) is 4.99 Å². The Morgan fingerprint density at radius 1 is 0.600 bits per heavy atom. The number of nitrogens with zero attached hydrogens (tertiary/aromatic N) is 3. The second kappa shape index (κ2) is 13.0. The molecular weight excluding hydrogens is 667 g/mol. The molecule has 3 heterocycles. The predicted octanol–water partition coefficient (Wildman–Crippen LogP) is 12.0. The van der Waals surface area contributed by atoms with Gasteiger partial charge in [-0.1, -0.05) is 165 Å². The largest absolute Gasteiger partial charge is 0.333 e. The molecule has 6 unspecified atom stereocenters. The first-order valence-electron chi connectivity index (χ1n) is 19.9. The van der Waals surface area contributed by atoms with Gasteiger partial charge in [-0.2, -0.15) is 0 Å². The van der Waals surface area contributed by atoms with Crippen LogP contribution >= 0.6 is 0 Å². The number of allylic oxidation sites excluding steroid dienone is 5. The van der Waals surface area contributed by atoms with E-state index in [0.29, 0.717) is 12.5 Å². The minimum absolute atomic E-state index is 0.0651. The van der Waals surface area contributed by atoms with Gasteiger partial charge in [-0.15, -0.1) is 0 Å². The molecule has 0 spiro atoms. The molecule has 3 aliphatic carbocycles. The van der Waals surface area contributed by atoms with Gasteiger partial charge in [-0.05, 0) is 81.1 Å². The number of benzene rings is 5. The van der Waals surface area contributed by atoms with E-state index in [4.69, 9.17) is 4.99 Å². The van der Waals surface area contributed by atoms with Gasteiger partial charge in [0.25, 0.3) is 0 Å². The van der Waals surface area contributed by atoms with Crippen molar-refractivity contribution in [1.82, 2.24) is 0 Å². The van der Waals surface area contributed by atoms with E-state index in [1.54, 1.807) is 0 Å². The van der Waals surface area contributed by atoms with Gasteiger partial charge >= 0.3 is 0 Å². The number of anilines is 3. The first-order valence-corrected chi connectivity index (χ1v) is 19.9. The lowest BCUT2D eigenvalue weighted by atomic mass is 9.79. The summed E-state index contributed by atoms with van der Waals surface area (Å²) in [5, 5.41) is 0. The zero-order valence-electron chi connectivity index (χ0n) is 31.0. The Labute approximate surface area is 324 Å². The molecule has 0 saturated carbocycles. The molecule has 6 atom stereocenters. The van der Waals surface area contributed by atoms with Crippen LogP contribution < -0.4 is 9.80 Å². The summed E-state index contributed by atoms with van der Waals surface area (Å²) < 4.78 is 0. The third-order valence-electron chi connectivity index (χ3n) is 12.7. The number of hydrogen-bond acceptors (Lipinski definition) is 3. The molecule has 55 heavy (non-hydrogen) atoms. The van der Waals surface area contributed by atoms with E-state index in [9.17, 15) is 0 Å². The number of aliphatic imine (C=N–C) groups is 1. The number of amidine groups is 1. The summed E-state index contributed by atoms with van der Waals surface area (Å²) in [6, 6.07) is 43.0. The topological polar surface area (TPSA) is 18.8 Å². The van der Waals surface area contributed by atoms with Gasteiger partial charge in [0, 0.05) is 34.7 Å². The number of para-hydroxylation sites is 1. The van der Waals surface area contributed by atoms with Crippen LogP contribution in [0.1, 0.15) is 58.1 Å². The van der Waals surface area contributed by atoms with E-state index in [-0.39, 0.29) is 29.8 Å². The van der Waals surface area contributed by atoms with Crippen LogP contribution in [-0.2, 0) is 6.42 Å². The Bertz CT molecular complexity index is 2550. The maximum absolute atomic E-state index is 5.49. The van der Waals surface area contributed by atoms with Crippen LogP contribution in [0, 0.1) is 5.92 Å². The normalized spacial score (nSPS) is 25.2. The zero-order valence-corrected chi connectivity index (χ0v) is 31.0. The molecule has 3 nitrogen and oxygen atoms in total. The predicted molar refractivity (Wildman–Crippen MR) is 230 cm³/mol. The van der Waals surface area contributed by atoms with Crippen molar-refractivity contribution >= 4 is 34.5 Å². The Morgan fingerprint density at radius 2 is 1.31 bits per heavy atom. The Hall–Kier alpha value is -6.19. The van der Waals surface area contributed by atoms with Gasteiger partial charge in [0.2, 0.25) is 0 Å². The molecule has 5 aromatic rings. The summed E-state index contributed by atoms with van der Waals surface area (Å²) >= 11 is 0. The van der Waals surface area contributed by atoms with Gasteiger partial charge in [0.1, 0.15) is 5.84 Å². The van der Waals surface area contributed by atoms with Crippen LogP contribution in [0.4, 0.5) is 17.1 Å². The van der Waals surface area contributed by atoms with Crippen molar-refractivity contribution in [2.24, 2.45) is 10.9 Å². The molecule has 3 heteroatoms. The quantitative estimate of drug-likeness (QED) is 0.186. The average molecular weight is 710 g/mol. The summed E-state index contributed by atoms with van der Waals surface area (Å²) in [6.07, 6.45) is 26.8. The van der Waals surface area contributed by atoms with Crippen LogP contribution in [0.2, 0.25) is 0 Å². The van der Waals surface area contributed by atoms with Crippen molar-refractivity contribution in [1.29, 1.82) is 0 Å². The Morgan fingerprint density at radius 3 is 2.15 bits per heavy atom. The monoisotopic (exact) mass is 709 g/mol. The Balaban J connectivity index is 1.11. The smallest absolute Gasteiger partial charge is 0.128 e. The molecule has 0 bridgehead atoms. The highest BCUT2D eigenvalue weighted by Gasteiger charge is 2.44. The molecule has 266 valence electrons. The summed E-state index contributed by atoms with van der Waals surface area (Å²) in [6.45, 7) is 3.03. The number of dihydropyridines is 1. The average Bonchev–Trinajstić information content (AvgIpc) is 3.52. The van der Waals surface area contributed by atoms with Crippen LogP contribution in [0.5, 0.6) is 0 Å². The number of hydrogen-bond donors (Lipinski definition) is 0. The summed E-state index contributed by atoms with van der Waals surface area (Å²) in [7, 11) is 0. The summed E-state index contributed by atoms with van der Waals surface area (Å²) in [5.41, 5.74) is 16.0. The van der Waals surface area contributed by atoms with E-state index < -0.39 is 0 Å². The standard InChI is InChI=1S/C52H43N3/c1-34-27-28-37-19-14-26-48(43(37)31-34)54-46-24-12-10-22-41(46)52-49(54)30-29-39-38-20-8-11-23-45(38)55(47-25-13-9-21-40(47)51(39)52)50-32-42(35-15-4-2-5-16-35)44(33-53-50)36-17-6-3-7-18-36/h2-30,32,34,38,41,44-46H,31,33H2,1H3. The number of rotatable bonds is 3. The van der Waals surface area contributed by atoms with Gasteiger partial charge < -0.3 is 9.80 Å². The molecule has 0 fully saturated rings. The van der Waals surface area contributed by atoms with E-state index in [0.717, 1.165) is 12.3 Å². The highest BCUT2D eigenvalue weighted by atomic mass is 15.2. The molecule has 0 saturated heterocycles. The van der Waals surface area contributed by atoms with Crippen LogP contribution in [-0.4, -0.2) is 24.5 Å². The first-order chi connectivity index (χ1) is 27.2. The van der Waals surface area contributed by atoms with Crippen molar-refractivity contribution in [2.75, 3.05) is 16.3 Å². The highest BCUT2D eigenvalue weighted by Crippen LogP contribution is 2.57. The number of fused-ring (bicyclic) bond motifs is 10. The molecule has 5 aromatic carbocycles. The van der Waals surface area contributed by atoms with Crippen molar-refractivity contribution in [3.8, 4) is 11.1 Å². The Kier molecular flexibility index (Phi) is 7.62. The lowest BCUT2D eigenvalue weighted by molar-refractivity contribution is 0.701. The molecule has 0 aromatic heterocycles. The third-order valence-corrected chi connectivity index (χ3v) is 12.7. The highest BCUT2D eigenvalue weighted by molar-refractivity contribution is 6.14. The van der Waals surface area contributed by atoms with Crippen molar-refractivity contribution < 1.29 is 0 Å². The fourth-order valence-electron chi connectivity index (χ4n) is 10.2. The summed E-state index contributed by atoms with van der Waals surface area (Å²) in [5.74, 6) is 2.10. The van der Waals surface area contributed by atoms with Crippen LogP contribution in [0.15, 0.2) is 181 Å². The molecule has 0 radical (unpaired) electrons. The van der Waals surface area contributed by atoms with Gasteiger partial charge in [0.15, 0.2) is 0 Å². The van der Waals surface area contributed by atoms with Crippen molar-refractivity contribution in [2.45, 2.75) is 43.2 Å². The first kappa shape index (κ1) is 32.3. The van der Waals surface area contributed by atoms with E-state index >= 15 is 0 Å². The molecule has 6 aliphatic rings. The maximum Gasteiger partial charge on any atom is 0.128 e. The molecule has 3 aliphatic heterocycles. The zero-order chi connectivity index (χ0) is 36.5. The molecule has 0 amide bonds. The summed E-state index contributed by atoms with van der Waals surface area (Å²) in [4.78, 5) is 10.7. The van der Waals surface area contributed by atoms with Gasteiger partial charge in [-0.25, -0.2) is 0 Å². The van der Waals surface area contributed by atoms with E-state index in [1.165, 1.54) is 67.1 Å². The fraction of sp³-hybridized carbons (Fsp3) is 0.173. The lowest BCUT2D eigenvalue weighted by Gasteiger charge is -2.38. The van der Waals surface area contributed by atoms with Crippen molar-refractivity contribution in [3.05, 3.63) is 209 Å². The van der Waals surface area contributed by atoms with E-state index in [2.05, 4.69) is 199 Å². The SMILES string of the molecule is CC1C=Cc2cccc(N3c4ccc5c(c4C4C=CC=CC43)-c3ccccc3N(C3=NCC(c4ccccc4)C(c4ccccc4)=C3)C3C=CC=CC53)c2C1. The van der Waals surface area contributed by atoms with Crippen LogP contribution in [0.25, 0.3) is 22.8 Å². The minimum atomic E-state index is 0.0651. The van der Waals surface area contributed by atoms with Gasteiger partial charge in [0.05, 0.1) is 24.3 Å². The molecular formula is C52H43N3. The second-order valence-electron chi connectivity index (χ2n) is 15.8. The minimum Gasteiger partial charge on any atom is -0.333 e.